The Morgan fingerprint density at radius 1 is 0.474 bits per heavy atom. The molecule has 0 aliphatic heterocycles. The van der Waals surface area contributed by atoms with Crippen molar-refractivity contribution in [2.45, 2.75) is 26.7 Å². The monoisotopic (exact) mass is 732 g/mol. The van der Waals surface area contributed by atoms with Gasteiger partial charge in [0.2, 0.25) is 0 Å². The predicted octanol–water partition coefficient (Wildman–Crippen LogP) is 15.3. The molecular formula is C55H44N2. The topological polar surface area (TPSA) is 8.17 Å². The van der Waals surface area contributed by atoms with Gasteiger partial charge in [0.05, 0.1) is 11.0 Å². The summed E-state index contributed by atoms with van der Waals surface area (Å²) < 4.78 is 2.43. The molecule has 0 spiro atoms. The Morgan fingerprint density at radius 3 is 1.74 bits per heavy atom. The zero-order chi connectivity index (χ0) is 38.3. The molecule has 1 aromatic heterocycles. The molecule has 8 aromatic carbocycles. The Hall–Kier alpha value is -6.90. The zero-order valence-corrected chi connectivity index (χ0v) is 32.4. The van der Waals surface area contributed by atoms with Gasteiger partial charge in [-0.05, 0) is 106 Å². The van der Waals surface area contributed by atoms with Crippen molar-refractivity contribution in [2.75, 3.05) is 4.90 Å². The number of fused-ring (bicyclic) bond motifs is 5. The molecule has 1 aliphatic rings. The van der Waals surface area contributed by atoms with Crippen LogP contribution in [0.3, 0.4) is 0 Å². The molecule has 0 saturated heterocycles. The van der Waals surface area contributed by atoms with Gasteiger partial charge in [0.15, 0.2) is 0 Å². The Morgan fingerprint density at radius 2 is 1.04 bits per heavy atom. The van der Waals surface area contributed by atoms with Gasteiger partial charge >= 0.3 is 0 Å². The molecule has 274 valence electrons. The maximum absolute atomic E-state index is 2.43. The highest BCUT2D eigenvalue weighted by Crippen LogP contribution is 2.40. The molecule has 10 rings (SSSR count). The highest BCUT2D eigenvalue weighted by atomic mass is 15.1. The zero-order valence-electron chi connectivity index (χ0n) is 32.4. The number of anilines is 2. The van der Waals surface area contributed by atoms with Crippen LogP contribution >= 0.6 is 0 Å². The lowest BCUT2D eigenvalue weighted by molar-refractivity contribution is 0.445. The van der Waals surface area contributed by atoms with E-state index in [1.165, 1.54) is 71.7 Å². The Balaban J connectivity index is 1.01. The fraction of sp³-hybridized carbons (Fsp3) is 0.0909. The summed E-state index contributed by atoms with van der Waals surface area (Å²) in [5.74, 6) is 0. The molecule has 0 atom stereocenters. The summed E-state index contributed by atoms with van der Waals surface area (Å²) >= 11 is 0. The van der Waals surface area contributed by atoms with Crippen LogP contribution in [0.15, 0.2) is 212 Å². The number of benzene rings is 8. The minimum atomic E-state index is 0.157. The van der Waals surface area contributed by atoms with E-state index < -0.39 is 0 Å². The molecule has 57 heavy (non-hydrogen) atoms. The number of aromatic nitrogens is 1. The van der Waals surface area contributed by atoms with Crippen LogP contribution in [-0.2, 0) is 0 Å². The van der Waals surface area contributed by atoms with E-state index in [2.05, 4.69) is 230 Å². The Bertz CT molecular complexity index is 2940. The average molecular weight is 733 g/mol. The van der Waals surface area contributed by atoms with Gasteiger partial charge in [0, 0.05) is 38.9 Å². The summed E-state index contributed by atoms with van der Waals surface area (Å²) in [4.78, 5) is 2.40. The van der Waals surface area contributed by atoms with Crippen molar-refractivity contribution in [3.63, 3.8) is 0 Å². The first-order valence-electron chi connectivity index (χ1n) is 20.1. The van der Waals surface area contributed by atoms with Crippen molar-refractivity contribution in [1.82, 2.24) is 4.57 Å². The third-order valence-electron chi connectivity index (χ3n) is 11.7. The van der Waals surface area contributed by atoms with Crippen LogP contribution in [0.1, 0.15) is 26.7 Å². The van der Waals surface area contributed by atoms with Crippen molar-refractivity contribution >= 4 is 44.0 Å². The van der Waals surface area contributed by atoms with Crippen molar-refractivity contribution in [2.24, 2.45) is 5.41 Å². The second-order valence-electron chi connectivity index (χ2n) is 15.9. The van der Waals surface area contributed by atoms with E-state index in [9.17, 15) is 0 Å². The van der Waals surface area contributed by atoms with Crippen molar-refractivity contribution < 1.29 is 0 Å². The van der Waals surface area contributed by atoms with Crippen molar-refractivity contribution in [3.05, 3.63) is 212 Å². The molecule has 2 heteroatoms. The molecule has 1 aliphatic carbocycles. The third kappa shape index (κ3) is 6.44. The predicted molar refractivity (Wildman–Crippen MR) is 243 cm³/mol. The lowest BCUT2D eigenvalue weighted by Crippen LogP contribution is -2.15. The number of nitrogens with zero attached hydrogens (tertiary/aromatic N) is 2. The summed E-state index contributed by atoms with van der Waals surface area (Å²) in [5, 5.41) is 5.07. The van der Waals surface area contributed by atoms with Gasteiger partial charge in [-0.1, -0.05) is 172 Å². The largest absolute Gasteiger partial charge is 0.311 e. The summed E-state index contributed by atoms with van der Waals surface area (Å²) in [6.07, 6.45) is 9.24. The van der Waals surface area contributed by atoms with Crippen molar-refractivity contribution in [1.29, 1.82) is 0 Å². The van der Waals surface area contributed by atoms with E-state index in [4.69, 9.17) is 0 Å². The van der Waals surface area contributed by atoms with Crippen LogP contribution in [0.4, 0.5) is 11.4 Å². The van der Waals surface area contributed by atoms with Crippen LogP contribution in [0, 0.1) is 5.41 Å². The first-order chi connectivity index (χ1) is 28.0. The second-order valence-corrected chi connectivity index (χ2v) is 15.9. The quantitative estimate of drug-likeness (QED) is 0.158. The lowest BCUT2D eigenvalue weighted by Gasteiger charge is -2.27. The smallest absolute Gasteiger partial charge is 0.0619 e. The lowest BCUT2D eigenvalue weighted by atomic mass is 9.89. The standard InChI is InChI=1S/C55H44N2/c1-55(2)37-12-16-44(36-38-55)56(45-29-22-40(23-30-45)39-13-4-3-5-14-39)46-31-24-42(25-32-46)48-17-8-9-18-49(48)43-26-33-47(34-27-43)57-53-21-11-10-20-51(53)52-35-28-41-15-6-7-19-50(41)54(52)57/h3-11,13-36,38H,12,37H2,1-2H3. The summed E-state index contributed by atoms with van der Waals surface area (Å²) in [7, 11) is 0. The van der Waals surface area contributed by atoms with Crippen LogP contribution < -0.4 is 4.90 Å². The van der Waals surface area contributed by atoms with E-state index in [-0.39, 0.29) is 5.41 Å². The minimum Gasteiger partial charge on any atom is -0.311 e. The van der Waals surface area contributed by atoms with Crippen LogP contribution in [0.2, 0.25) is 0 Å². The van der Waals surface area contributed by atoms with E-state index in [0.717, 1.165) is 29.9 Å². The van der Waals surface area contributed by atoms with Gasteiger partial charge in [-0.3, -0.25) is 0 Å². The molecule has 0 unspecified atom stereocenters. The van der Waals surface area contributed by atoms with E-state index in [0.29, 0.717) is 0 Å². The number of allylic oxidation sites excluding steroid dienone is 3. The van der Waals surface area contributed by atoms with E-state index in [1.54, 1.807) is 0 Å². The number of hydrogen-bond acceptors (Lipinski definition) is 1. The van der Waals surface area contributed by atoms with Gasteiger partial charge in [0.1, 0.15) is 0 Å². The highest BCUT2D eigenvalue weighted by molar-refractivity contribution is 6.18. The highest BCUT2D eigenvalue weighted by Gasteiger charge is 2.21. The average Bonchev–Trinajstić information content (AvgIpc) is 3.50. The van der Waals surface area contributed by atoms with Crippen molar-refractivity contribution in [3.8, 4) is 39.1 Å². The summed E-state index contributed by atoms with van der Waals surface area (Å²) in [5.41, 5.74) is 14.5. The SMILES string of the molecule is CC1(C)C=CC(N(c2ccc(-c3ccccc3)cc2)c2ccc(-c3ccccc3-c3ccc(-n4c5ccccc5c5ccc6ccccc6c54)cc3)cc2)=CCC1. The van der Waals surface area contributed by atoms with Crippen LogP contribution in [0.5, 0.6) is 0 Å². The second kappa shape index (κ2) is 14.3. The number of hydrogen-bond donors (Lipinski definition) is 0. The van der Waals surface area contributed by atoms with Gasteiger partial charge in [0.25, 0.3) is 0 Å². The van der Waals surface area contributed by atoms with Gasteiger partial charge in [-0.2, -0.15) is 0 Å². The molecular weight excluding hydrogens is 689 g/mol. The summed E-state index contributed by atoms with van der Waals surface area (Å²) in [6.45, 7) is 4.65. The molecule has 9 aromatic rings. The first-order valence-corrected chi connectivity index (χ1v) is 20.1. The molecule has 0 bridgehead atoms. The molecule has 0 amide bonds. The fourth-order valence-electron chi connectivity index (χ4n) is 8.67. The molecule has 0 N–H and O–H groups in total. The van der Waals surface area contributed by atoms with Crippen LogP contribution in [-0.4, -0.2) is 4.57 Å². The fourth-order valence-corrected chi connectivity index (χ4v) is 8.67. The maximum atomic E-state index is 2.43. The van der Waals surface area contributed by atoms with Gasteiger partial charge in [-0.25, -0.2) is 0 Å². The van der Waals surface area contributed by atoms with E-state index in [1.807, 2.05) is 0 Å². The maximum Gasteiger partial charge on any atom is 0.0619 e. The molecule has 0 fully saturated rings. The molecule has 0 radical (unpaired) electrons. The molecule has 0 saturated carbocycles. The van der Waals surface area contributed by atoms with E-state index >= 15 is 0 Å². The number of rotatable bonds is 7. The summed E-state index contributed by atoms with van der Waals surface area (Å²) in [6, 6.07) is 68.6. The van der Waals surface area contributed by atoms with Gasteiger partial charge in [-0.15, -0.1) is 0 Å². The Labute approximate surface area is 335 Å². The molecule has 1 heterocycles. The number of para-hydroxylation sites is 1. The Kier molecular flexibility index (Phi) is 8.68. The molecule has 2 nitrogen and oxygen atoms in total. The van der Waals surface area contributed by atoms with Crippen LogP contribution in [0.25, 0.3) is 71.6 Å². The van der Waals surface area contributed by atoms with Gasteiger partial charge < -0.3 is 9.47 Å². The third-order valence-corrected chi connectivity index (χ3v) is 11.7. The first kappa shape index (κ1) is 34.6. The minimum absolute atomic E-state index is 0.157. The normalized spacial score (nSPS) is 13.8.